The predicted octanol–water partition coefficient (Wildman–Crippen LogP) is 21.3. The first-order chi connectivity index (χ1) is 41.6. The lowest BCUT2D eigenvalue weighted by molar-refractivity contribution is 1.07. The van der Waals surface area contributed by atoms with Crippen molar-refractivity contribution in [2.45, 2.75) is 0 Å². The lowest BCUT2D eigenvalue weighted by atomic mass is 10.1. The van der Waals surface area contributed by atoms with Crippen LogP contribution >= 0.6 is 34.0 Å². The van der Waals surface area contributed by atoms with Gasteiger partial charge in [0.1, 0.15) is 0 Å². The number of para-hydroxylation sites is 3. The summed E-state index contributed by atoms with van der Waals surface area (Å²) in [5.74, 6) is 1.78. The van der Waals surface area contributed by atoms with Crippen molar-refractivity contribution in [2.75, 3.05) is 0 Å². The van der Waals surface area contributed by atoms with Crippen LogP contribution in [0.4, 0.5) is 0 Å². The van der Waals surface area contributed by atoms with Crippen LogP contribution in [-0.2, 0) is 0 Å². The van der Waals surface area contributed by atoms with E-state index in [-0.39, 0.29) is 0 Å². The molecule has 0 saturated carbocycles. The molecule has 390 valence electrons. The van der Waals surface area contributed by atoms with Crippen LogP contribution < -0.4 is 0 Å². The average molecular weight is 1120 g/mol. The van der Waals surface area contributed by atoms with Gasteiger partial charge in [-0.2, -0.15) is 0 Å². The third kappa shape index (κ3) is 6.62. The van der Waals surface area contributed by atoms with Crippen molar-refractivity contribution in [2.24, 2.45) is 0 Å². The van der Waals surface area contributed by atoms with Crippen LogP contribution in [0.1, 0.15) is 0 Å². The lowest BCUT2D eigenvalue weighted by Crippen LogP contribution is -2.02. The average Bonchev–Trinajstić information content (AvgIpc) is 1.97. The Hall–Kier alpha value is -10.3. The second-order valence-electron chi connectivity index (χ2n) is 21.8. The summed E-state index contributed by atoms with van der Waals surface area (Å²) >= 11 is 5.58. The summed E-state index contributed by atoms with van der Waals surface area (Å²) in [7, 11) is 0. The number of hydrogen-bond acceptors (Lipinski definition) is 6. The largest absolute Gasteiger partial charge is 0.309 e. The Bertz CT molecular complexity index is 5760. The summed E-state index contributed by atoms with van der Waals surface area (Å²) < 4.78 is 15.0. The minimum Gasteiger partial charge on any atom is -0.309 e. The molecule has 0 aliphatic rings. The molecule has 0 bridgehead atoms. The Morgan fingerprint density at radius 1 is 0.214 bits per heavy atom. The molecule has 19 rings (SSSR count). The maximum absolute atomic E-state index is 5.46. The second-order valence-corrected chi connectivity index (χ2v) is 25.1. The molecule has 0 radical (unpaired) electrons. The lowest BCUT2D eigenvalue weighted by Gasteiger charge is -2.13. The van der Waals surface area contributed by atoms with E-state index >= 15 is 0 Å². The smallest absolute Gasteiger partial charge is 0.164 e. The molecular weight excluding hydrogens is 1080 g/mol. The van der Waals surface area contributed by atoms with Gasteiger partial charge in [-0.1, -0.05) is 133 Å². The van der Waals surface area contributed by atoms with Gasteiger partial charge in [0.05, 0.1) is 33.1 Å². The SMILES string of the molecule is c1cc(-c2nc(-c3ccc(-n4c5ccccc5c5c6c(ccc54)sc4ccccc46)cc3)nc(-c3cccc(-n4c5ccccc5c5c6c(ccc54)sc4ccccc46)c3)n2)cc(-n2c3ccccc3c3c4c(ccc32)sc2ccccc24)c1. The third-order valence-electron chi connectivity index (χ3n) is 17.3. The zero-order valence-electron chi connectivity index (χ0n) is 44.7. The first kappa shape index (κ1) is 46.3. The van der Waals surface area contributed by atoms with E-state index in [1.165, 1.54) is 104 Å². The predicted molar refractivity (Wildman–Crippen MR) is 358 cm³/mol. The number of rotatable bonds is 6. The first-order valence-electron chi connectivity index (χ1n) is 28.2. The molecule has 0 aliphatic heterocycles. The number of aromatic nitrogens is 6. The normalized spacial score (nSPS) is 12.3. The molecule has 9 heteroatoms. The quantitative estimate of drug-likeness (QED) is 0.167. The Labute approximate surface area is 491 Å². The molecule has 0 aliphatic carbocycles. The number of fused-ring (bicyclic) bond motifs is 21. The van der Waals surface area contributed by atoms with E-state index in [1.54, 1.807) is 0 Å². The van der Waals surface area contributed by atoms with Gasteiger partial charge in [-0.3, -0.25) is 0 Å². The van der Waals surface area contributed by atoms with Crippen molar-refractivity contribution >= 4 is 160 Å². The van der Waals surface area contributed by atoms with Gasteiger partial charge < -0.3 is 13.7 Å². The molecule has 0 amide bonds. The van der Waals surface area contributed by atoms with Gasteiger partial charge in [0.2, 0.25) is 0 Å². The van der Waals surface area contributed by atoms with Crippen molar-refractivity contribution in [3.8, 4) is 51.2 Å². The zero-order chi connectivity index (χ0) is 54.7. The molecule has 19 aromatic rings. The zero-order valence-corrected chi connectivity index (χ0v) is 47.1. The van der Waals surface area contributed by atoms with Crippen LogP contribution in [0.15, 0.2) is 255 Å². The molecule has 7 heterocycles. The number of nitrogens with zero attached hydrogens (tertiary/aromatic N) is 6. The monoisotopic (exact) mass is 1120 g/mol. The van der Waals surface area contributed by atoms with Crippen LogP contribution in [0, 0.1) is 0 Å². The summed E-state index contributed by atoms with van der Waals surface area (Å²) in [4.78, 5) is 16.3. The number of benzene rings is 12. The fourth-order valence-corrected chi connectivity index (χ4v) is 17.1. The highest BCUT2D eigenvalue weighted by molar-refractivity contribution is 7.26. The fraction of sp³-hybridized carbons (Fsp3) is 0. The van der Waals surface area contributed by atoms with Crippen molar-refractivity contribution in [3.63, 3.8) is 0 Å². The Kier molecular flexibility index (Phi) is 9.71. The highest BCUT2D eigenvalue weighted by atomic mass is 32.1. The van der Waals surface area contributed by atoms with Crippen LogP contribution in [-0.4, -0.2) is 28.7 Å². The van der Waals surface area contributed by atoms with Crippen LogP contribution in [0.2, 0.25) is 0 Å². The maximum atomic E-state index is 5.46. The number of hydrogen-bond donors (Lipinski definition) is 0. The van der Waals surface area contributed by atoms with E-state index in [0.29, 0.717) is 17.5 Å². The Morgan fingerprint density at radius 2 is 0.548 bits per heavy atom. The van der Waals surface area contributed by atoms with Crippen LogP contribution in [0.25, 0.3) is 177 Å². The second kappa shape index (κ2) is 17.6. The van der Waals surface area contributed by atoms with Gasteiger partial charge in [0, 0.05) is 127 Å². The van der Waals surface area contributed by atoms with Crippen molar-refractivity contribution in [1.29, 1.82) is 0 Å². The van der Waals surface area contributed by atoms with Crippen molar-refractivity contribution in [1.82, 2.24) is 28.7 Å². The molecule has 0 fully saturated rings. The minimum atomic E-state index is 0.594. The van der Waals surface area contributed by atoms with Gasteiger partial charge >= 0.3 is 0 Å². The summed E-state index contributed by atoms with van der Waals surface area (Å²) in [6.45, 7) is 0. The first-order valence-corrected chi connectivity index (χ1v) is 30.7. The van der Waals surface area contributed by atoms with E-state index in [0.717, 1.165) is 55.8 Å². The van der Waals surface area contributed by atoms with Crippen molar-refractivity contribution < 1.29 is 0 Å². The molecule has 0 N–H and O–H groups in total. The van der Waals surface area contributed by atoms with Gasteiger partial charge in [0.25, 0.3) is 0 Å². The van der Waals surface area contributed by atoms with E-state index in [9.17, 15) is 0 Å². The Morgan fingerprint density at radius 3 is 0.940 bits per heavy atom. The summed E-state index contributed by atoms with van der Waals surface area (Å²) in [5, 5.41) is 15.3. The molecule has 0 atom stereocenters. The standard InChI is InChI=1S/C75H42N6S3/c1-7-25-55-49(19-1)67-58(35-38-64-70(67)52-22-4-10-28-61(52)82-64)79(55)46-33-31-43(32-34-46)73-76-74(44-15-13-17-47(41-44)80-56-26-8-2-20-50(56)68-59(80)36-39-65-71(68)53-23-5-11-29-62(53)83-65)78-75(77-73)45-16-14-18-48(42-45)81-57-27-9-3-21-51(57)69-60(81)37-40-66-72(69)54-24-6-12-30-63(54)84-66/h1-42H. The fourth-order valence-electron chi connectivity index (χ4n) is 13.7. The molecule has 7 aromatic heterocycles. The molecule has 6 nitrogen and oxygen atoms in total. The van der Waals surface area contributed by atoms with Crippen molar-refractivity contribution in [3.05, 3.63) is 255 Å². The molecule has 84 heavy (non-hydrogen) atoms. The van der Waals surface area contributed by atoms with E-state index in [2.05, 4.69) is 268 Å². The van der Waals surface area contributed by atoms with Gasteiger partial charge in [-0.25, -0.2) is 15.0 Å². The Balaban J connectivity index is 0.799. The third-order valence-corrected chi connectivity index (χ3v) is 20.7. The van der Waals surface area contributed by atoms with Gasteiger partial charge in [0.15, 0.2) is 17.5 Å². The van der Waals surface area contributed by atoms with E-state index in [4.69, 9.17) is 15.0 Å². The molecule has 0 saturated heterocycles. The highest BCUT2D eigenvalue weighted by Gasteiger charge is 2.23. The summed E-state index contributed by atoms with van der Waals surface area (Å²) in [6, 6.07) is 92.7. The topological polar surface area (TPSA) is 53.5 Å². The van der Waals surface area contributed by atoms with Gasteiger partial charge in [-0.15, -0.1) is 34.0 Å². The molecule has 0 spiro atoms. The van der Waals surface area contributed by atoms with Crippen LogP contribution in [0.3, 0.4) is 0 Å². The van der Waals surface area contributed by atoms with Crippen LogP contribution in [0.5, 0.6) is 0 Å². The molecular formula is C75H42N6S3. The maximum Gasteiger partial charge on any atom is 0.164 e. The van der Waals surface area contributed by atoms with E-state index < -0.39 is 0 Å². The minimum absolute atomic E-state index is 0.594. The molecule has 0 unspecified atom stereocenters. The summed E-state index contributed by atoms with van der Waals surface area (Å²) in [5.41, 5.74) is 12.8. The summed E-state index contributed by atoms with van der Waals surface area (Å²) in [6.07, 6.45) is 0. The molecule has 12 aromatic carbocycles. The number of thiophene rings is 3. The van der Waals surface area contributed by atoms with Gasteiger partial charge in [-0.05, 0) is 121 Å². The highest BCUT2D eigenvalue weighted by Crippen LogP contribution is 2.47. The van der Waals surface area contributed by atoms with E-state index in [1.807, 2.05) is 34.0 Å².